The van der Waals surface area contributed by atoms with E-state index in [0.717, 1.165) is 5.69 Å². The lowest BCUT2D eigenvalue weighted by Crippen LogP contribution is -2.48. The van der Waals surface area contributed by atoms with Crippen LogP contribution in [0, 0.1) is 0 Å². The number of methoxy groups -OCH3 is 1. The van der Waals surface area contributed by atoms with E-state index in [9.17, 15) is 13.2 Å². The number of piperazine rings is 1. The molecule has 0 bridgehead atoms. The van der Waals surface area contributed by atoms with Crippen LogP contribution in [0.4, 0.5) is 5.69 Å². The zero-order valence-electron chi connectivity index (χ0n) is 15.4. The molecular weight excluding hydrogens is 400 g/mol. The number of nitrogens with zero attached hydrogens (tertiary/aromatic N) is 2. The van der Waals surface area contributed by atoms with Crippen LogP contribution in [0.1, 0.15) is 5.56 Å². The number of carbonyl (C=O) groups is 1. The lowest BCUT2D eigenvalue weighted by atomic mass is 10.2. The van der Waals surface area contributed by atoms with Gasteiger partial charge in [-0.25, -0.2) is 13.2 Å². The molecule has 0 spiro atoms. The minimum Gasteiger partial charge on any atom is -0.466 e. The van der Waals surface area contributed by atoms with E-state index in [-0.39, 0.29) is 4.90 Å². The lowest BCUT2D eigenvalue weighted by molar-refractivity contribution is -0.134. The second-order valence-corrected chi connectivity index (χ2v) is 8.67. The maximum Gasteiger partial charge on any atom is 0.330 e. The van der Waals surface area contributed by atoms with Crippen molar-refractivity contribution in [2.75, 3.05) is 38.2 Å². The Morgan fingerprint density at radius 2 is 1.79 bits per heavy atom. The summed E-state index contributed by atoms with van der Waals surface area (Å²) in [6.07, 6.45) is 2.79. The molecule has 148 valence electrons. The van der Waals surface area contributed by atoms with Gasteiger partial charge in [0.1, 0.15) is 0 Å². The fourth-order valence-corrected chi connectivity index (χ4v) is 4.68. The average molecular weight is 421 g/mol. The maximum atomic E-state index is 13.0. The molecule has 0 saturated carbocycles. The predicted molar refractivity (Wildman–Crippen MR) is 110 cm³/mol. The van der Waals surface area contributed by atoms with Gasteiger partial charge in [-0.1, -0.05) is 29.8 Å². The van der Waals surface area contributed by atoms with E-state index in [1.54, 1.807) is 24.3 Å². The smallest absolute Gasteiger partial charge is 0.330 e. The normalized spacial score (nSPS) is 15.7. The molecule has 8 heteroatoms. The van der Waals surface area contributed by atoms with Gasteiger partial charge in [-0.3, -0.25) is 0 Å². The highest BCUT2D eigenvalue weighted by Crippen LogP contribution is 2.24. The Kier molecular flexibility index (Phi) is 6.39. The highest BCUT2D eigenvalue weighted by molar-refractivity contribution is 7.89. The van der Waals surface area contributed by atoms with Crippen molar-refractivity contribution in [1.82, 2.24) is 4.31 Å². The van der Waals surface area contributed by atoms with Gasteiger partial charge >= 0.3 is 5.97 Å². The first-order chi connectivity index (χ1) is 13.4. The Balaban J connectivity index is 1.72. The number of hydrogen-bond acceptors (Lipinski definition) is 5. The SMILES string of the molecule is COC(=O)/C=C/c1cccc(S(=O)(=O)N2CCN(c3cccc(Cl)c3)CC2)c1. The third-order valence-corrected chi connectivity index (χ3v) is 6.65. The summed E-state index contributed by atoms with van der Waals surface area (Å²) in [6.45, 7) is 1.94. The summed E-state index contributed by atoms with van der Waals surface area (Å²) >= 11 is 6.05. The Bertz CT molecular complexity index is 983. The standard InChI is InChI=1S/C20H21ClN2O4S/c1-27-20(24)9-8-16-4-2-7-19(14-16)28(25,26)23-12-10-22(11-13-23)18-6-3-5-17(21)15-18/h2-9,14-15H,10-13H2,1H3/b9-8+. The number of ether oxygens (including phenoxy) is 1. The summed E-state index contributed by atoms with van der Waals surface area (Å²) in [5.41, 5.74) is 1.60. The number of benzene rings is 2. The van der Waals surface area contributed by atoms with Crippen LogP contribution in [0.3, 0.4) is 0 Å². The minimum atomic E-state index is -3.61. The Morgan fingerprint density at radius 1 is 1.07 bits per heavy atom. The van der Waals surface area contributed by atoms with Crippen LogP contribution in [0.15, 0.2) is 59.5 Å². The maximum absolute atomic E-state index is 13.0. The van der Waals surface area contributed by atoms with E-state index < -0.39 is 16.0 Å². The average Bonchev–Trinajstić information content (AvgIpc) is 2.72. The van der Waals surface area contributed by atoms with Crippen molar-refractivity contribution in [3.63, 3.8) is 0 Å². The van der Waals surface area contributed by atoms with Gasteiger partial charge in [0.2, 0.25) is 10.0 Å². The molecule has 1 aliphatic heterocycles. The van der Waals surface area contributed by atoms with Crippen LogP contribution < -0.4 is 4.90 Å². The van der Waals surface area contributed by atoms with Gasteiger partial charge in [-0.15, -0.1) is 0 Å². The van der Waals surface area contributed by atoms with E-state index in [0.29, 0.717) is 36.8 Å². The number of halogens is 1. The van der Waals surface area contributed by atoms with Gasteiger partial charge in [0.15, 0.2) is 0 Å². The van der Waals surface area contributed by atoms with Crippen LogP contribution in [-0.2, 0) is 19.6 Å². The molecule has 3 rings (SSSR count). The van der Waals surface area contributed by atoms with Crippen molar-refractivity contribution in [3.05, 3.63) is 65.2 Å². The quantitative estimate of drug-likeness (QED) is 0.549. The fourth-order valence-electron chi connectivity index (χ4n) is 3.02. The molecule has 0 unspecified atom stereocenters. The largest absolute Gasteiger partial charge is 0.466 e. The first-order valence-corrected chi connectivity index (χ1v) is 10.6. The van der Waals surface area contributed by atoms with Gasteiger partial charge in [0, 0.05) is 43.0 Å². The molecule has 0 amide bonds. The van der Waals surface area contributed by atoms with Crippen molar-refractivity contribution in [2.45, 2.75) is 4.90 Å². The molecule has 1 fully saturated rings. The molecule has 1 saturated heterocycles. The molecule has 0 N–H and O–H groups in total. The molecule has 0 aromatic heterocycles. The molecular formula is C20H21ClN2O4S. The highest BCUT2D eigenvalue weighted by atomic mass is 35.5. The third-order valence-electron chi connectivity index (χ3n) is 4.52. The fraction of sp³-hybridized carbons (Fsp3) is 0.250. The Labute approximate surface area is 170 Å². The van der Waals surface area contributed by atoms with Crippen LogP contribution in [0.25, 0.3) is 6.08 Å². The molecule has 6 nitrogen and oxygen atoms in total. The summed E-state index contributed by atoms with van der Waals surface area (Å²) in [7, 11) is -2.32. The molecule has 0 radical (unpaired) electrons. The molecule has 2 aromatic carbocycles. The van der Waals surface area contributed by atoms with Gasteiger partial charge in [0.25, 0.3) is 0 Å². The number of anilines is 1. The summed E-state index contributed by atoms with van der Waals surface area (Å²) in [5.74, 6) is -0.495. The summed E-state index contributed by atoms with van der Waals surface area (Å²) in [4.78, 5) is 13.6. The van der Waals surface area contributed by atoms with E-state index in [1.165, 1.54) is 23.6 Å². The zero-order valence-corrected chi connectivity index (χ0v) is 17.0. The van der Waals surface area contributed by atoms with Gasteiger partial charge in [-0.05, 0) is 42.0 Å². The molecule has 2 aromatic rings. The van der Waals surface area contributed by atoms with Gasteiger partial charge in [-0.2, -0.15) is 4.31 Å². The van der Waals surface area contributed by atoms with Crippen molar-refractivity contribution in [2.24, 2.45) is 0 Å². The monoisotopic (exact) mass is 420 g/mol. The van der Waals surface area contributed by atoms with Crippen molar-refractivity contribution in [3.8, 4) is 0 Å². The van der Waals surface area contributed by atoms with Crippen LogP contribution in [0.2, 0.25) is 5.02 Å². The zero-order chi connectivity index (χ0) is 20.1. The Morgan fingerprint density at radius 3 is 2.46 bits per heavy atom. The molecule has 0 atom stereocenters. The summed E-state index contributed by atoms with van der Waals surface area (Å²) in [5, 5.41) is 0.657. The van der Waals surface area contributed by atoms with Crippen LogP contribution >= 0.6 is 11.6 Å². The summed E-state index contributed by atoms with van der Waals surface area (Å²) in [6, 6.07) is 14.0. The first-order valence-electron chi connectivity index (χ1n) is 8.77. The third kappa shape index (κ3) is 4.73. The second kappa shape index (κ2) is 8.77. The predicted octanol–water partition coefficient (Wildman–Crippen LogP) is 3.04. The van der Waals surface area contributed by atoms with Crippen LogP contribution in [0.5, 0.6) is 0 Å². The topological polar surface area (TPSA) is 66.9 Å². The molecule has 28 heavy (non-hydrogen) atoms. The highest BCUT2D eigenvalue weighted by Gasteiger charge is 2.28. The van der Waals surface area contributed by atoms with E-state index >= 15 is 0 Å². The van der Waals surface area contributed by atoms with Crippen molar-refractivity contribution < 1.29 is 17.9 Å². The number of carbonyl (C=O) groups excluding carboxylic acids is 1. The molecule has 1 heterocycles. The van der Waals surface area contributed by atoms with Gasteiger partial charge in [0.05, 0.1) is 12.0 Å². The summed E-state index contributed by atoms with van der Waals surface area (Å²) < 4.78 is 32.0. The Hall–Kier alpha value is -2.35. The van der Waals surface area contributed by atoms with Gasteiger partial charge < -0.3 is 9.64 Å². The lowest BCUT2D eigenvalue weighted by Gasteiger charge is -2.35. The molecule has 0 aliphatic carbocycles. The number of esters is 1. The molecule has 1 aliphatic rings. The number of hydrogen-bond donors (Lipinski definition) is 0. The number of sulfonamides is 1. The van der Waals surface area contributed by atoms with Crippen LogP contribution in [-0.4, -0.2) is 52.0 Å². The van der Waals surface area contributed by atoms with E-state index in [1.807, 2.05) is 24.3 Å². The second-order valence-electron chi connectivity index (χ2n) is 6.30. The number of rotatable bonds is 5. The van der Waals surface area contributed by atoms with Crippen molar-refractivity contribution in [1.29, 1.82) is 0 Å². The van der Waals surface area contributed by atoms with Crippen molar-refractivity contribution >= 4 is 39.4 Å². The minimum absolute atomic E-state index is 0.204. The van der Waals surface area contributed by atoms with E-state index in [2.05, 4.69) is 9.64 Å². The van der Waals surface area contributed by atoms with E-state index in [4.69, 9.17) is 11.6 Å². The first kappa shape index (κ1) is 20.4.